The number of hydrogen-bond acceptors (Lipinski definition) is 4. The summed E-state index contributed by atoms with van der Waals surface area (Å²) in [6, 6.07) is 4.13. The molecule has 0 aliphatic rings. The second-order valence-electron chi connectivity index (χ2n) is 4.88. The molecule has 0 aromatic carbocycles. The van der Waals surface area contributed by atoms with E-state index in [4.69, 9.17) is 8.83 Å². The van der Waals surface area contributed by atoms with Gasteiger partial charge < -0.3 is 14.2 Å². The van der Waals surface area contributed by atoms with Gasteiger partial charge in [0.25, 0.3) is 0 Å². The van der Waals surface area contributed by atoms with Crippen LogP contribution in [0.5, 0.6) is 0 Å². The maximum absolute atomic E-state index is 5.80. The Morgan fingerprint density at radius 1 is 1.32 bits per heavy atom. The molecule has 0 amide bonds. The fraction of sp³-hybridized carbons (Fsp3) is 0.467. The van der Waals surface area contributed by atoms with Crippen LogP contribution in [0.1, 0.15) is 29.6 Å². The largest absolute Gasteiger partial charge is 0.472 e. The van der Waals surface area contributed by atoms with E-state index in [1.807, 2.05) is 13.0 Å². The maximum atomic E-state index is 5.80. The van der Waals surface area contributed by atoms with E-state index in [0.29, 0.717) is 0 Å². The van der Waals surface area contributed by atoms with Crippen molar-refractivity contribution in [2.24, 2.45) is 0 Å². The molecule has 1 N–H and O–H groups in total. The standard InChI is InChI=1S/C15H22N2O2/c1-4-16-8-14-7-15(19-12(14)2)10-17(3)9-13-5-6-18-11-13/h5-7,11,16H,4,8-10H2,1-3H3. The van der Waals surface area contributed by atoms with Crippen LogP contribution in [0.25, 0.3) is 0 Å². The van der Waals surface area contributed by atoms with Gasteiger partial charge in [0.2, 0.25) is 0 Å². The Kier molecular flexibility index (Phi) is 4.82. The molecule has 0 aliphatic heterocycles. The van der Waals surface area contributed by atoms with Crippen LogP contribution in [0.2, 0.25) is 0 Å². The van der Waals surface area contributed by atoms with Crippen molar-refractivity contribution in [1.29, 1.82) is 0 Å². The molecule has 0 radical (unpaired) electrons. The first-order valence-electron chi connectivity index (χ1n) is 6.67. The van der Waals surface area contributed by atoms with Gasteiger partial charge in [0.05, 0.1) is 19.1 Å². The first kappa shape index (κ1) is 13.9. The van der Waals surface area contributed by atoms with E-state index < -0.39 is 0 Å². The number of nitrogens with one attached hydrogen (secondary N) is 1. The monoisotopic (exact) mass is 262 g/mol. The van der Waals surface area contributed by atoms with Crippen molar-refractivity contribution in [2.75, 3.05) is 13.6 Å². The Balaban J connectivity index is 1.91. The molecule has 4 heteroatoms. The zero-order chi connectivity index (χ0) is 13.7. The highest BCUT2D eigenvalue weighted by atomic mass is 16.3. The quantitative estimate of drug-likeness (QED) is 0.833. The minimum Gasteiger partial charge on any atom is -0.472 e. The number of rotatable bonds is 7. The third kappa shape index (κ3) is 3.98. The minimum absolute atomic E-state index is 0.804. The summed E-state index contributed by atoms with van der Waals surface area (Å²) in [5.41, 5.74) is 2.42. The number of nitrogens with zero attached hydrogens (tertiary/aromatic N) is 1. The van der Waals surface area contributed by atoms with Gasteiger partial charge in [-0.15, -0.1) is 0 Å². The van der Waals surface area contributed by atoms with Crippen molar-refractivity contribution in [1.82, 2.24) is 10.2 Å². The van der Waals surface area contributed by atoms with Crippen LogP contribution in [-0.2, 0) is 19.6 Å². The van der Waals surface area contributed by atoms with Gasteiger partial charge in [-0.3, -0.25) is 4.90 Å². The first-order chi connectivity index (χ1) is 9.19. The van der Waals surface area contributed by atoms with Gasteiger partial charge in [-0.05, 0) is 32.6 Å². The molecule has 0 saturated carbocycles. The summed E-state index contributed by atoms with van der Waals surface area (Å²) in [7, 11) is 2.08. The molecular formula is C15H22N2O2. The molecule has 2 aromatic heterocycles. The van der Waals surface area contributed by atoms with E-state index in [-0.39, 0.29) is 0 Å². The van der Waals surface area contributed by atoms with Crippen LogP contribution in [0.3, 0.4) is 0 Å². The van der Waals surface area contributed by atoms with Crippen LogP contribution < -0.4 is 5.32 Å². The topological polar surface area (TPSA) is 41.5 Å². The van der Waals surface area contributed by atoms with E-state index in [1.54, 1.807) is 12.5 Å². The van der Waals surface area contributed by atoms with Crippen LogP contribution in [0.15, 0.2) is 33.5 Å². The summed E-state index contributed by atoms with van der Waals surface area (Å²) in [4.78, 5) is 2.21. The lowest BCUT2D eigenvalue weighted by molar-refractivity contribution is 0.284. The molecule has 0 spiro atoms. The fourth-order valence-corrected chi connectivity index (χ4v) is 2.12. The van der Waals surface area contributed by atoms with Crippen molar-refractivity contribution in [2.45, 2.75) is 33.5 Å². The fourth-order valence-electron chi connectivity index (χ4n) is 2.12. The summed E-state index contributed by atoms with van der Waals surface area (Å²) >= 11 is 0. The molecule has 4 nitrogen and oxygen atoms in total. The maximum Gasteiger partial charge on any atom is 0.118 e. The Labute approximate surface area is 114 Å². The Bertz CT molecular complexity index is 488. The second-order valence-corrected chi connectivity index (χ2v) is 4.88. The highest BCUT2D eigenvalue weighted by Crippen LogP contribution is 2.16. The molecule has 0 bridgehead atoms. The lowest BCUT2D eigenvalue weighted by Gasteiger charge is -2.13. The highest BCUT2D eigenvalue weighted by molar-refractivity contribution is 5.20. The van der Waals surface area contributed by atoms with Crippen LogP contribution in [0, 0.1) is 6.92 Å². The molecule has 2 aromatic rings. The molecule has 2 rings (SSSR count). The number of hydrogen-bond donors (Lipinski definition) is 1. The van der Waals surface area contributed by atoms with E-state index in [1.165, 1.54) is 11.1 Å². The van der Waals surface area contributed by atoms with Crippen molar-refractivity contribution < 1.29 is 8.83 Å². The van der Waals surface area contributed by atoms with Crippen molar-refractivity contribution >= 4 is 0 Å². The first-order valence-corrected chi connectivity index (χ1v) is 6.67. The number of furan rings is 2. The van der Waals surface area contributed by atoms with Crippen LogP contribution >= 0.6 is 0 Å². The third-order valence-corrected chi connectivity index (χ3v) is 3.10. The molecule has 0 saturated heterocycles. The smallest absolute Gasteiger partial charge is 0.118 e. The molecule has 104 valence electrons. The molecule has 0 aliphatic carbocycles. The molecule has 0 unspecified atom stereocenters. The highest BCUT2D eigenvalue weighted by Gasteiger charge is 2.09. The van der Waals surface area contributed by atoms with E-state index in [9.17, 15) is 0 Å². The van der Waals surface area contributed by atoms with E-state index in [2.05, 4.69) is 30.3 Å². The van der Waals surface area contributed by atoms with E-state index in [0.717, 1.165) is 37.7 Å². The number of aryl methyl sites for hydroxylation is 1. The average Bonchev–Trinajstić information content (AvgIpc) is 2.97. The third-order valence-electron chi connectivity index (χ3n) is 3.10. The normalized spacial score (nSPS) is 11.4. The van der Waals surface area contributed by atoms with Gasteiger partial charge in [0.15, 0.2) is 0 Å². The van der Waals surface area contributed by atoms with Crippen molar-refractivity contribution in [3.8, 4) is 0 Å². The molecule has 0 atom stereocenters. The summed E-state index contributed by atoms with van der Waals surface area (Å²) in [6.45, 7) is 7.63. The van der Waals surface area contributed by atoms with Gasteiger partial charge in [-0.2, -0.15) is 0 Å². The lowest BCUT2D eigenvalue weighted by Crippen LogP contribution is -2.16. The SMILES string of the molecule is CCNCc1cc(CN(C)Cc2ccoc2)oc1C. The Hall–Kier alpha value is -1.52. The second kappa shape index (κ2) is 6.59. The zero-order valence-electron chi connectivity index (χ0n) is 11.9. The zero-order valence-corrected chi connectivity index (χ0v) is 11.9. The van der Waals surface area contributed by atoms with Crippen LogP contribution in [-0.4, -0.2) is 18.5 Å². The van der Waals surface area contributed by atoms with Crippen molar-refractivity contribution in [3.63, 3.8) is 0 Å². The molecule has 0 fully saturated rings. The predicted molar refractivity (Wildman–Crippen MR) is 74.7 cm³/mol. The van der Waals surface area contributed by atoms with Gasteiger partial charge in [-0.1, -0.05) is 6.92 Å². The summed E-state index contributed by atoms with van der Waals surface area (Å²) in [5.74, 6) is 2.02. The predicted octanol–water partition coefficient (Wildman–Crippen LogP) is 2.92. The molecular weight excluding hydrogens is 240 g/mol. The van der Waals surface area contributed by atoms with Gasteiger partial charge in [-0.25, -0.2) is 0 Å². The lowest BCUT2D eigenvalue weighted by atomic mass is 10.2. The van der Waals surface area contributed by atoms with Gasteiger partial charge in [0.1, 0.15) is 11.5 Å². The van der Waals surface area contributed by atoms with E-state index >= 15 is 0 Å². The van der Waals surface area contributed by atoms with Crippen LogP contribution in [0.4, 0.5) is 0 Å². The Morgan fingerprint density at radius 2 is 2.16 bits per heavy atom. The minimum atomic E-state index is 0.804. The summed E-state index contributed by atoms with van der Waals surface area (Å²) < 4.78 is 10.9. The molecule has 2 heterocycles. The average molecular weight is 262 g/mol. The molecule has 19 heavy (non-hydrogen) atoms. The van der Waals surface area contributed by atoms with Crippen molar-refractivity contribution in [3.05, 3.63) is 47.3 Å². The summed E-state index contributed by atoms with van der Waals surface area (Å²) in [6.07, 6.45) is 3.48. The van der Waals surface area contributed by atoms with Gasteiger partial charge in [0, 0.05) is 24.2 Å². The Morgan fingerprint density at radius 3 is 2.84 bits per heavy atom. The summed E-state index contributed by atoms with van der Waals surface area (Å²) in [5, 5.41) is 3.32. The van der Waals surface area contributed by atoms with Gasteiger partial charge >= 0.3 is 0 Å².